The summed E-state index contributed by atoms with van der Waals surface area (Å²) in [4.78, 5) is 42.6. The summed E-state index contributed by atoms with van der Waals surface area (Å²) in [5.41, 5.74) is -0.195. The molecule has 14 heteroatoms. The molecule has 0 spiro atoms. The highest BCUT2D eigenvalue weighted by Crippen LogP contribution is 2.31. The smallest absolute Gasteiger partial charge is 0.389 e. The number of nitrogens with one attached hydrogen (secondary N) is 1. The third-order valence-electron chi connectivity index (χ3n) is 7.47. The number of carbonyl (C=O) groups is 3. The number of ether oxygens (including phenoxy) is 6. The van der Waals surface area contributed by atoms with Crippen LogP contribution >= 0.6 is 0 Å². The lowest BCUT2D eigenvalue weighted by atomic mass is 10.0. The van der Waals surface area contributed by atoms with E-state index in [9.17, 15) is 27.6 Å². The predicted molar refractivity (Wildman–Crippen MR) is 150 cm³/mol. The second-order valence-corrected chi connectivity index (χ2v) is 11.3. The zero-order valence-corrected chi connectivity index (χ0v) is 25.7. The molecule has 0 aromatic carbocycles. The van der Waals surface area contributed by atoms with Gasteiger partial charge in [0.05, 0.1) is 25.2 Å². The van der Waals surface area contributed by atoms with Crippen molar-refractivity contribution in [2.45, 2.75) is 115 Å². The van der Waals surface area contributed by atoms with Crippen LogP contribution in [0.15, 0.2) is 12.3 Å². The second-order valence-electron chi connectivity index (χ2n) is 11.3. The van der Waals surface area contributed by atoms with Gasteiger partial charge in [0.25, 0.3) is 5.91 Å². The predicted octanol–water partition coefficient (Wildman–Crippen LogP) is 4.90. The molecule has 1 saturated carbocycles. The average Bonchev–Trinajstić information content (AvgIpc) is 3.49. The van der Waals surface area contributed by atoms with E-state index in [0.29, 0.717) is 12.8 Å². The van der Waals surface area contributed by atoms with Gasteiger partial charge in [0.1, 0.15) is 18.2 Å². The minimum Gasteiger partial charge on any atom is -0.493 e. The van der Waals surface area contributed by atoms with E-state index in [0.717, 1.165) is 25.7 Å². The van der Waals surface area contributed by atoms with Crippen LogP contribution in [0.25, 0.3) is 0 Å². The molecule has 11 nitrogen and oxygen atoms in total. The van der Waals surface area contributed by atoms with Crippen LogP contribution in [0.1, 0.15) is 89.0 Å². The molecule has 1 aromatic rings. The van der Waals surface area contributed by atoms with Crippen molar-refractivity contribution in [3.63, 3.8) is 0 Å². The molecule has 1 aromatic heterocycles. The van der Waals surface area contributed by atoms with Crippen molar-refractivity contribution in [3.05, 3.63) is 18.0 Å². The van der Waals surface area contributed by atoms with Gasteiger partial charge in [-0.15, -0.1) is 0 Å². The van der Waals surface area contributed by atoms with Gasteiger partial charge in [0.15, 0.2) is 17.2 Å². The number of nitrogens with zero attached hydrogens (tertiary/aromatic N) is 1. The number of cyclic esters (lactones) is 1. The van der Waals surface area contributed by atoms with E-state index < -0.39 is 61.6 Å². The molecule has 1 aliphatic heterocycles. The molecule has 44 heavy (non-hydrogen) atoms. The Morgan fingerprint density at radius 2 is 1.86 bits per heavy atom. The van der Waals surface area contributed by atoms with Crippen LogP contribution in [0.2, 0.25) is 0 Å². The van der Waals surface area contributed by atoms with Gasteiger partial charge < -0.3 is 33.7 Å². The highest BCUT2D eigenvalue weighted by molar-refractivity contribution is 5.98. The van der Waals surface area contributed by atoms with Gasteiger partial charge in [0.2, 0.25) is 6.79 Å². The highest BCUT2D eigenvalue weighted by Gasteiger charge is 2.38. The molecular formula is C30H43F3N2O9. The number of hydrogen-bond acceptors (Lipinski definition) is 10. The lowest BCUT2D eigenvalue weighted by Gasteiger charge is -2.33. The maximum atomic E-state index is 13.4. The fourth-order valence-electron chi connectivity index (χ4n) is 5.16. The van der Waals surface area contributed by atoms with Gasteiger partial charge >= 0.3 is 18.1 Å². The topological polar surface area (TPSA) is 132 Å². The van der Waals surface area contributed by atoms with Crippen molar-refractivity contribution in [3.8, 4) is 11.5 Å². The molecule has 4 atom stereocenters. The third kappa shape index (κ3) is 10.8. The van der Waals surface area contributed by atoms with Gasteiger partial charge in [-0.2, -0.15) is 13.2 Å². The maximum Gasteiger partial charge on any atom is 0.389 e. The number of pyridine rings is 1. The summed E-state index contributed by atoms with van der Waals surface area (Å²) in [7, 11) is 1.37. The summed E-state index contributed by atoms with van der Waals surface area (Å²) >= 11 is 0. The Morgan fingerprint density at radius 3 is 2.52 bits per heavy atom. The fourth-order valence-corrected chi connectivity index (χ4v) is 5.16. The summed E-state index contributed by atoms with van der Waals surface area (Å²) < 4.78 is 71.9. The second kappa shape index (κ2) is 16.8. The molecule has 1 aliphatic carbocycles. The molecule has 1 amide bonds. The molecule has 2 fully saturated rings. The van der Waals surface area contributed by atoms with Gasteiger partial charge in [-0.25, -0.2) is 9.78 Å². The van der Waals surface area contributed by atoms with E-state index in [2.05, 4.69) is 10.3 Å². The van der Waals surface area contributed by atoms with E-state index in [1.165, 1.54) is 19.4 Å². The van der Waals surface area contributed by atoms with Crippen LogP contribution in [0.3, 0.4) is 0 Å². The normalized spacial score (nSPS) is 23.3. The summed E-state index contributed by atoms with van der Waals surface area (Å²) in [6, 6.07) is 0.395. The molecule has 0 radical (unpaired) electrons. The Bertz CT molecular complexity index is 1100. The van der Waals surface area contributed by atoms with Crippen LogP contribution in [0.4, 0.5) is 13.2 Å². The zero-order valence-electron chi connectivity index (χ0n) is 25.7. The van der Waals surface area contributed by atoms with Crippen LogP contribution in [0, 0.1) is 5.92 Å². The molecule has 2 aliphatic rings. The summed E-state index contributed by atoms with van der Waals surface area (Å²) in [5, 5.41) is 2.66. The first-order valence-corrected chi connectivity index (χ1v) is 15.1. The Kier molecular flexibility index (Phi) is 13.5. The van der Waals surface area contributed by atoms with Crippen molar-refractivity contribution in [2.75, 3.05) is 20.5 Å². The molecule has 0 unspecified atom stereocenters. The minimum atomic E-state index is -4.30. The van der Waals surface area contributed by atoms with E-state index in [1.807, 2.05) is 0 Å². The van der Waals surface area contributed by atoms with Crippen molar-refractivity contribution in [1.82, 2.24) is 10.3 Å². The molecule has 0 bridgehead atoms. The fraction of sp³-hybridized carbons (Fsp3) is 0.733. The Balaban J connectivity index is 1.73. The number of carbonyl (C=O) groups excluding carboxylic acids is 3. The lowest BCUT2D eigenvalue weighted by Crippen LogP contribution is -2.46. The number of hydrogen-bond donors (Lipinski definition) is 1. The molecule has 1 saturated heterocycles. The van der Waals surface area contributed by atoms with Gasteiger partial charge in [-0.05, 0) is 45.4 Å². The van der Waals surface area contributed by atoms with Gasteiger partial charge in [0, 0.05) is 25.3 Å². The van der Waals surface area contributed by atoms with E-state index >= 15 is 0 Å². The van der Waals surface area contributed by atoms with E-state index in [-0.39, 0.29) is 48.7 Å². The summed E-state index contributed by atoms with van der Waals surface area (Å²) in [6.45, 7) is 4.26. The largest absolute Gasteiger partial charge is 0.493 e. The monoisotopic (exact) mass is 632 g/mol. The molecule has 248 valence electrons. The number of esters is 2. The third-order valence-corrected chi connectivity index (χ3v) is 7.47. The molecule has 2 heterocycles. The van der Waals surface area contributed by atoms with E-state index in [4.69, 9.17) is 28.4 Å². The Labute approximate surface area is 255 Å². The summed E-state index contributed by atoms with van der Waals surface area (Å²) in [5.74, 6) is -2.28. The van der Waals surface area contributed by atoms with Gasteiger partial charge in [-0.1, -0.05) is 26.7 Å². The van der Waals surface area contributed by atoms with Gasteiger partial charge in [-0.3, -0.25) is 9.59 Å². The van der Waals surface area contributed by atoms with Crippen molar-refractivity contribution >= 4 is 17.8 Å². The minimum absolute atomic E-state index is 0.00204. The van der Waals surface area contributed by atoms with Crippen LogP contribution in [-0.2, 0) is 28.5 Å². The summed E-state index contributed by atoms with van der Waals surface area (Å²) in [6.07, 6.45) is -1.45. The van der Waals surface area contributed by atoms with Crippen LogP contribution in [-0.4, -0.2) is 80.0 Å². The first kappa shape index (κ1) is 35.4. The number of alkyl halides is 3. The molecular weight excluding hydrogens is 589 g/mol. The zero-order chi connectivity index (χ0) is 32.3. The van der Waals surface area contributed by atoms with Crippen LogP contribution < -0.4 is 14.8 Å². The lowest BCUT2D eigenvalue weighted by molar-refractivity contribution is -0.174. The standard InChI is InChI=1S/C30H43F3N2O9/c1-18(2)28(37)42-17-41-26-22(39-4)13-15-34-24(26)27(36)35-21-11-7-12-23(44-20-9-5-6-10-20)25(19(3)43-29(21)38)40-16-8-14-30(31,32)33/h13,15,18-21,23,25H,5-12,14,16-17H2,1-4H3,(H,35,36)/t19-,21-,23-,25-/m0/s1. The van der Waals surface area contributed by atoms with Crippen molar-refractivity contribution in [2.24, 2.45) is 5.92 Å². The highest BCUT2D eigenvalue weighted by atomic mass is 19.4. The number of halogens is 3. The maximum absolute atomic E-state index is 13.4. The van der Waals surface area contributed by atoms with E-state index in [1.54, 1.807) is 20.8 Å². The first-order chi connectivity index (χ1) is 20.9. The number of amides is 1. The number of rotatable bonds is 13. The Morgan fingerprint density at radius 1 is 1.14 bits per heavy atom. The van der Waals surface area contributed by atoms with Crippen molar-refractivity contribution in [1.29, 1.82) is 0 Å². The van der Waals surface area contributed by atoms with Crippen LogP contribution in [0.5, 0.6) is 11.5 Å². The molecule has 3 rings (SSSR count). The number of methoxy groups -OCH3 is 1. The first-order valence-electron chi connectivity index (χ1n) is 15.1. The Hall–Kier alpha value is -3.13. The quantitative estimate of drug-likeness (QED) is 0.182. The number of aromatic nitrogens is 1. The average molecular weight is 633 g/mol. The van der Waals surface area contributed by atoms with Crippen molar-refractivity contribution < 1.29 is 56.0 Å². The SMILES string of the molecule is COc1ccnc(C(=O)N[C@H]2CCC[C@H](OC3CCCC3)[C@@H](OCCCC(F)(F)F)[C@H](C)OC2=O)c1OCOC(=O)C(C)C. The molecule has 1 N–H and O–H groups in total.